The molecule has 0 spiro atoms. The molecule has 0 saturated carbocycles. The highest BCUT2D eigenvalue weighted by atomic mass is 19.5. The van der Waals surface area contributed by atoms with Gasteiger partial charge in [0, 0.05) is 0 Å². The summed E-state index contributed by atoms with van der Waals surface area (Å²) in [5.74, 6) is -0.813. The molecule has 1 unspecified atom stereocenters. The van der Waals surface area contributed by atoms with Gasteiger partial charge in [0.2, 0.25) is 0 Å². The summed E-state index contributed by atoms with van der Waals surface area (Å²) in [4.78, 5) is 14.8. The molecule has 0 saturated heterocycles. The maximum absolute atomic E-state index is 10.2. The van der Waals surface area contributed by atoms with Gasteiger partial charge in [0.05, 0.1) is 5.70 Å². The fourth-order valence-corrected chi connectivity index (χ4v) is 0.799. The predicted octanol–water partition coefficient (Wildman–Crippen LogP) is 0.159. The van der Waals surface area contributed by atoms with E-state index in [1.807, 2.05) is 6.92 Å². The van der Waals surface area contributed by atoms with Gasteiger partial charge in [-0.05, 0) is 6.92 Å². The number of carboxylic acid groups (broad SMARTS) is 1. The quantitative estimate of drug-likeness (QED) is 0.522. The van der Waals surface area contributed by atoms with Crippen LogP contribution < -0.4 is 4.90 Å². The van der Waals surface area contributed by atoms with Gasteiger partial charge in [0.15, 0.2) is 12.9 Å². The van der Waals surface area contributed by atoms with E-state index >= 15 is 0 Å². The van der Waals surface area contributed by atoms with Crippen molar-refractivity contribution in [3.63, 3.8) is 0 Å². The lowest BCUT2D eigenvalue weighted by atomic mass is 10.3. The molecule has 1 aliphatic rings. The molecule has 1 heterocycles. The van der Waals surface area contributed by atoms with Crippen LogP contribution in [0.5, 0.6) is 0 Å². The molecule has 0 aliphatic carbocycles. The van der Waals surface area contributed by atoms with Crippen molar-refractivity contribution in [2.75, 3.05) is 6.54 Å². The lowest BCUT2D eigenvalue weighted by molar-refractivity contribution is -0.727. The Kier molecular flexibility index (Phi) is 4.99. The summed E-state index contributed by atoms with van der Waals surface area (Å²) >= 11 is 0. The molecule has 9 heteroatoms. The highest BCUT2D eigenvalue weighted by Crippen LogP contribution is 2.06. The van der Waals surface area contributed by atoms with Gasteiger partial charge in [-0.25, -0.2) is 9.79 Å². The van der Waals surface area contributed by atoms with E-state index in [1.165, 1.54) is 0 Å². The first-order valence-corrected chi connectivity index (χ1v) is 3.86. The van der Waals surface area contributed by atoms with E-state index in [0.29, 0.717) is 0 Å². The van der Waals surface area contributed by atoms with Crippen LogP contribution in [0.2, 0.25) is 0 Å². The van der Waals surface area contributed by atoms with Crippen molar-refractivity contribution in [1.29, 1.82) is 0 Å². The van der Waals surface area contributed by atoms with Gasteiger partial charge in [0.1, 0.15) is 6.20 Å². The van der Waals surface area contributed by atoms with Crippen molar-refractivity contribution in [2.45, 2.75) is 6.92 Å². The Balaban J connectivity index is 0.000000336. The number of carboxylic acids is 1. The Morgan fingerprint density at radius 2 is 2.00 bits per heavy atom. The van der Waals surface area contributed by atoms with Gasteiger partial charge in [-0.1, -0.05) is 0 Å². The largest absolute Gasteiger partial charge is 0.673 e. The lowest BCUT2D eigenvalue weighted by Crippen LogP contribution is -3.06. The van der Waals surface area contributed by atoms with Crippen LogP contribution in [0.4, 0.5) is 17.3 Å². The van der Waals surface area contributed by atoms with Crippen LogP contribution in [0.1, 0.15) is 6.92 Å². The zero-order valence-corrected chi connectivity index (χ0v) is 7.75. The fourth-order valence-electron chi connectivity index (χ4n) is 0.799. The number of halogens is 4. The summed E-state index contributed by atoms with van der Waals surface area (Å²) in [5, 5.41) is 8.35. The number of quaternary nitrogens is 1. The first-order chi connectivity index (χ1) is 6.68. The van der Waals surface area contributed by atoms with Crippen molar-refractivity contribution >= 4 is 19.6 Å². The summed E-state index contributed by atoms with van der Waals surface area (Å²) in [6.45, 7) is 1.91. The molecule has 1 rings (SSSR count). The Labute approximate surface area is 83.0 Å². The zero-order chi connectivity index (χ0) is 12.1. The van der Waals surface area contributed by atoms with E-state index in [1.54, 1.807) is 12.5 Å². The van der Waals surface area contributed by atoms with E-state index in [-0.39, 0.29) is 6.54 Å². The van der Waals surface area contributed by atoms with Gasteiger partial charge in [-0.2, -0.15) is 0 Å². The number of nitrogens with one attached hydrogen (secondary N) is 1. The number of aliphatic imine (C=N–C) groups is 1. The van der Waals surface area contributed by atoms with Crippen molar-refractivity contribution in [2.24, 2.45) is 4.99 Å². The van der Waals surface area contributed by atoms with Gasteiger partial charge in [-0.3, -0.25) is 4.90 Å². The lowest BCUT2D eigenvalue weighted by Gasteiger charge is -1.98. The molecule has 1 aliphatic heterocycles. The number of allylic oxidation sites excluding steroid dienone is 1. The van der Waals surface area contributed by atoms with Crippen LogP contribution in [-0.4, -0.2) is 31.2 Å². The summed E-state index contributed by atoms with van der Waals surface area (Å²) < 4.78 is 39.0. The van der Waals surface area contributed by atoms with Crippen LogP contribution in [-0.2, 0) is 4.79 Å². The third kappa shape index (κ3) is 10.5. The van der Waals surface area contributed by atoms with Gasteiger partial charge >= 0.3 is 13.2 Å². The number of carbonyl (C=O) groups is 1. The summed E-state index contributed by atoms with van der Waals surface area (Å²) in [6.07, 6.45) is 3.36. The molecule has 15 heavy (non-hydrogen) atoms. The monoisotopic (exact) mass is 228 g/mol. The third-order valence-electron chi connectivity index (χ3n) is 1.18. The van der Waals surface area contributed by atoms with Crippen molar-refractivity contribution < 1.29 is 32.1 Å². The predicted molar refractivity (Wildman–Crippen MR) is 45.9 cm³/mol. The van der Waals surface area contributed by atoms with Crippen LogP contribution in [0.15, 0.2) is 16.9 Å². The van der Waals surface area contributed by atoms with Crippen LogP contribution in [0.25, 0.3) is 0 Å². The summed E-state index contributed by atoms with van der Waals surface area (Å²) in [7, 11) is -6.00. The first-order valence-electron chi connectivity index (χ1n) is 3.86. The minimum atomic E-state index is -6.00. The van der Waals surface area contributed by atoms with E-state index in [4.69, 9.17) is 5.11 Å². The molecular weight excluding hydrogens is 219 g/mol. The molecular formula is C6H9BF4N2O2. The maximum Gasteiger partial charge on any atom is 0.673 e. The standard InChI is InChI=1S/C6H8N2O2.BF4/c1-5-2-8(4-7-5)3-6(9)10;2-1(3,4)5/h2,4H,3H2,1H3,(H,9,10);/q;-1/p+1. The van der Waals surface area contributed by atoms with Crippen LogP contribution in [0.3, 0.4) is 0 Å². The number of hydrogen-bond acceptors (Lipinski definition) is 2. The second kappa shape index (κ2) is 5.49. The SMILES string of the molecule is CC1=C[NH+](CC(=O)O)C=N1.F[B-](F)(F)F. The second-order valence-corrected chi connectivity index (χ2v) is 2.68. The third-order valence-corrected chi connectivity index (χ3v) is 1.18. The van der Waals surface area contributed by atoms with Crippen molar-refractivity contribution in [3.05, 3.63) is 11.9 Å². The number of rotatable bonds is 2. The van der Waals surface area contributed by atoms with Crippen LogP contribution in [0, 0.1) is 0 Å². The average Bonchev–Trinajstić information content (AvgIpc) is 2.29. The van der Waals surface area contributed by atoms with E-state index in [9.17, 15) is 22.1 Å². The van der Waals surface area contributed by atoms with Crippen molar-refractivity contribution in [1.82, 2.24) is 0 Å². The Hall–Kier alpha value is -1.38. The summed E-state index contributed by atoms with van der Waals surface area (Å²) in [5.41, 5.74) is 0.872. The van der Waals surface area contributed by atoms with E-state index in [0.717, 1.165) is 10.6 Å². The van der Waals surface area contributed by atoms with E-state index < -0.39 is 13.2 Å². The molecule has 0 radical (unpaired) electrons. The highest BCUT2D eigenvalue weighted by Gasteiger charge is 2.20. The van der Waals surface area contributed by atoms with Gasteiger partial charge in [-0.15, -0.1) is 0 Å². The second-order valence-electron chi connectivity index (χ2n) is 2.68. The Morgan fingerprint density at radius 1 is 1.53 bits per heavy atom. The molecule has 0 aromatic rings. The number of nitrogens with zero attached hydrogens (tertiary/aromatic N) is 1. The molecule has 0 bridgehead atoms. The number of aliphatic carboxylic acids is 1. The molecule has 0 amide bonds. The fraction of sp³-hybridized carbons (Fsp3) is 0.333. The first kappa shape index (κ1) is 13.6. The smallest absolute Gasteiger partial charge is 0.477 e. The molecule has 2 N–H and O–H groups in total. The highest BCUT2D eigenvalue weighted by molar-refractivity contribution is 6.50. The normalized spacial score (nSPS) is 19.3. The van der Waals surface area contributed by atoms with Gasteiger partial charge in [0.25, 0.3) is 0 Å². The molecule has 0 fully saturated rings. The Bertz CT molecular complexity index is 283. The van der Waals surface area contributed by atoms with Gasteiger partial charge < -0.3 is 22.4 Å². The van der Waals surface area contributed by atoms with E-state index in [2.05, 4.69) is 4.99 Å². The minimum absolute atomic E-state index is 0.0703. The molecule has 4 nitrogen and oxygen atoms in total. The van der Waals surface area contributed by atoms with Crippen molar-refractivity contribution in [3.8, 4) is 0 Å². The molecule has 1 atom stereocenters. The topological polar surface area (TPSA) is 54.1 Å². The molecule has 0 aromatic heterocycles. The summed E-state index contributed by atoms with van der Waals surface area (Å²) in [6, 6.07) is 0. The molecule has 86 valence electrons. The average molecular weight is 228 g/mol. The minimum Gasteiger partial charge on any atom is -0.477 e. The zero-order valence-electron chi connectivity index (χ0n) is 7.75. The van der Waals surface area contributed by atoms with Crippen LogP contribution >= 0.6 is 0 Å². The maximum atomic E-state index is 10.2. The Morgan fingerprint density at radius 3 is 2.27 bits per heavy atom. The molecule has 0 aromatic carbocycles. The number of hydrogen-bond donors (Lipinski definition) is 2.